The van der Waals surface area contributed by atoms with Gasteiger partial charge in [-0.1, -0.05) is 30.9 Å². The van der Waals surface area contributed by atoms with Gasteiger partial charge >= 0.3 is 0 Å². The van der Waals surface area contributed by atoms with Gasteiger partial charge in [-0.3, -0.25) is 4.79 Å². The fourth-order valence-electron chi connectivity index (χ4n) is 2.52. The maximum Gasteiger partial charge on any atom is 0.242 e. The van der Waals surface area contributed by atoms with E-state index in [1.165, 1.54) is 25.7 Å². The summed E-state index contributed by atoms with van der Waals surface area (Å²) in [6.45, 7) is 0.928. The molecule has 0 unspecified atom stereocenters. The molecule has 1 fully saturated rings. The lowest BCUT2D eigenvalue weighted by molar-refractivity contribution is -0.122. The molecule has 0 atom stereocenters. The molecule has 0 aliphatic heterocycles. The molecule has 1 heterocycles. The summed E-state index contributed by atoms with van der Waals surface area (Å²) in [7, 11) is 1.86. The molecule has 1 amide bonds. The molecule has 106 valence electrons. The van der Waals surface area contributed by atoms with Crippen molar-refractivity contribution in [3.8, 4) is 0 Å². The predicted molar refractivity (Wildman–Crippen MR) is 72.4 cm³/mol. The molecule has 1 aliphatic carbocycles. The van der Waals surface area contributed by atoms with Gasteiger partial charge in [-0.15, -0.1) is 5.10 Å². The first-order valence-electron chi connectivity index (χ1n) is 7.11. The number of carbonyl (C=O) groups excluding carboxylic acids is 1. The van der Waals surface area contributed by atoms with Crippen molar-refractivity contribution in [1.82, 2.24) is 25.6 Å². The van der Waals surface area contributed by atoms with Gasteiger partial charge in [0.05, 0.1) is 11.9 Å². The van der Waals surface area contributed by atoms with E-state index in [9.17, 15) is 4.79 Å². The lowest BCUT2D eigenvalue weighted by Gasteiger charge is -2.15. The van der Waals surface area contributed by atoms with Crippen LogP contribution in [0, 0.1) is 0 Å². The third-order valence-corrected chi connectivity index (χ3v) is 3.47. The molecule has 1 saturated carbocycles. The average molecular weight is 265 g/mol. The fraction of sp³-hybridized carbons (Fsp3) is 0.769. The molecule has 0 radical (unpaired) electrons. The summed E-state index contributed by atoms with van der Waals surface area (Å²) in [5.74, 6) is 0.0350. The van der Waals surface area contributed by atoms with Crippen LogP contribution in [0.5, 0.6) is 0 Å². The van der Waals surface area contributed by atoms with Crippen molar-refractivity contribution in [2.24, 2.45) is 0 Å². The molecule has 1 aromatic heterocycles. The van der Waals surface area contributed by atoms with E-state index in [0.29, 0.717) is 12.6 Å². The van der Waals surface area contributed by atoms with E-state index >= 15 is 0 Å². The van der Waals surface area contributed by atoms with E-state index in [1.807, 2.05) is 13.2 Å². The van der Waals surface area contributed by atoms with E-state index in [2.05, 4.69) is 20.9 Å². The van der Waals surface area contributed by atoms with E-state index < -0.39 is 0 Å². The Morgan fingerprint density at radius 1 is 1.37 bits per heavy atom. The maximum absolute atomic E-state index is 11.9. The predicted octanol–water partition coefficient (Wildman–Crippen LogP) is 0.836. The lowest BCUT2D eigenvalue weighted by atomic mass is 10.1. The Morgan fingerprint density at radius 2 is 2.11 bits per heavy atom. The zero-order valence-corrected chi connectivity index (χ0v) is 11.6. The molecule has 1 aromatic rings. The molecule has 2 rings (SSSR count). The van der Waals surface area contributed by atoms with Gasteiger partial charge in [0, 0.05) is 12.6 Å². The monoisotopic (exact) mass is 265 g/mol. The van der Waals surface area contributed by atoms with E-state index in [4.69, 9.17) is 0 Å². The van der Waals surface area contributed by atoms with E-state index in [1.54, 1.807) is 4.68 Å². The Kier molecular flexibility index (Phi) is 5.32. The summed E-state index contributed by atoms with van der Waals surface area (Å²) in [5, 5.41) is 14.1. The van der Waals surface area contributed by atoms with Crippen molar-refractivity contribution in [2.45, 2.75) is 57.7 Å². The van der Waals surface area contributed by atoms with Gasteiger partial charge in [-0.05, 0) is 19.9 Å². The Labute approximate surface area is 113 Å². The van der Waals surface area contributed by atoms with Gasteiger partial charge in [0.1, 0.15) is 6.54 Å². The fourth-order valence-corrected chi connectivity index (χ4v) is 2.52. The van der Waals surface area contributed by atoms with Gasteiger partial charge in [0.15, 0.2) is 0 Å². The van der Waals surface area contributed by atoms with Crippen LogP contribution >= 0.6 is 0 Å². The zero-order valence-electron chi connectivity index (χ0n) is 11.6. The summed E-state index contributed by atoms with van der Waals surface area (Å²) in [5.41, 5.74) is 0.852. The molecule has 2 N–H and O–H groups in total. The number of hydrogen-bond donors (Lipinski definition) is 2. The first-order chi connectivity index (χ1) is 9.28. The highest BCUT2D eigenvalue weighted by molar-refractivity contribution is 5.75. The zero-order chi connectivity index (χ0) is 13.5. The van der Waals surface area contributed by atoms with Crippen LogP contribution in [0.4, 0.5) is 0 Å². The first-order valence-corrected chi connectivity index (χ1v) is 7.11. The number of nitrogens with zero attached hydrogens (tertiary/aromatic N) is 3. The van der Waals surface area contributed by atoms with Crippen LogP contribution in [-0.2, 0) is 17.9 Å². The smallest absolute Gasteiger partial charge is 0.242 e. The summed E-state index contributed by atoms with van der Waals surface area (Å²) < 4.78 is 1.60. The SMILES string of the molecule is CNCc1cn(CC(=O)NC2CCCCCC2)nn1. The van der Waals surface area contributed by atoms with Gasteiger partial charge in [0.2, 0.25) is 5.91 Å². The van der Waals surface area contributed by atoms with Gasteiger partial charge in [-0.2, -0.15) is 0 Å². The number of hydrogen-bond acceptors (Lipinski definition) is 4. The molecular formula is C13H23N5O. The average Bonchev–Trinajstić information content (AvgIpc) is 2.65. The van der Waals surface area contributed by atoms with Crippen molar-refractivity contribution in [3.05, 3.63) is 11.9 Å². The highest BCUT2D eigenvalue weighted by Crippen LogP contribution is 2.17. The highest BCUT2D eigenvalue weighted by atomic mass is 16.2. The Morgan fingerprint density at radius 3 is 2.79 bits per heavy atom. The van der Waals surface area contributed by atoms with Crippen LogP contribution in [0.15, 0.2) is 6.20 Å². The quantitative estimate of drug-likeness (QED) is 0.774. The summed E-state index contributed by atoms with van der Waals surface area (Å²) >= 11 is 0. The second-order valence-corrected chi connectivity index (χ2v) is 5.19. The van der Waals surface area contributed by atoms with Crippen LogP contribution in [0.3, 0.4) is 0 Å². The van der Waals surface area contributed by atoms with Crippen molar-refractivity contribution < 1.29 is 4.79 Å². The third-order valence-electron chi connectivity index (χ3n) is 3.47. The molecule has 6 nitrogen and oxygen atoms in total. The molecule has 0 spiro atoms. The van der Waals surface area contributed by atoms with E-state index in [-0.39, 0.29) is 12.5 Å². The number of nitrogens with one attached hydrogen (secondary N) is 2. The van der Waals surface area contributed by atoms with Gasteiger partial charge in [0.25, 0.3) is 0 Å². The van der Waals surface area contributed by atoms with Crippen molar-refractivity contribution in [2.75, 3.05) is 7.05 Å². The third kappa shape index (κ3) is 4.63. The second kappa shape index (κ2) is 7.23. The Balaban J connectivity index is 1.79. The van der Waals surface area contributed by atoms with Crippen LogP contribution in [0.1, 0.15) is 44.2 Å². The molecule has 0 bridgehead atoms. The lowest BCUT2D eigenvalue weighted by Crippen LogP contribution is -2.36. The van der Waals surface area contributed by atoms with E-state index in [0.717, 1.165) is 18.5 Å². The number of rotatable bonds is 5. The molecular weight excluding hydrogens is 242 g/mol. The minimum atomic E-state index is 0.0350. The maximum atomic E-state index is 11.9. The van der Waals surface area contributed by atoms with Crippen molar-refractivity contribution in [3.63, 3.8) is 0 Å². The Bertz CT molecular complexity index is 395. The molecule has 0 saturated heterocycles. The molecule has 0 aromatic carbocycles. The summed E-state index contributed by atoms with van der Waals surface area (Å²) in [6, 6.07) is 0.343. The normalized spacial score (nSPS) is 17.1. The minimum absolute atomic E-state index is 0.0350. The van der Waals surface area contributed by atoms with Crippen molar-refractivity contribution in [1.29, 1.82) is 0 Å². The minimum Gasteiger partial charge on any atom is -0.352 e. The topological polar surface area (TPSA) is 71.8 Å². The highest BCUT2D eigenvalue weighted by Gasteiger charge is 2.15. The van der Waals surface area contributed by atoms with Crippen molar-refractivity contribution >= 4 is 5.91 Å². The van der Waals surface area contributed by atoms with Crippen LogP contribution in [-0.4, -0.2) is 34.0 Å². The summed E-state index contributed by atoms with van der Waals surface area (Å²) in [6.07, 6.45) is 9.05. The largest absolute Gasteiger partial charge is 0.352 e. The van der Waals surface area contributed by atoms with Gasteiger partial charge in [-0.25, -0.2) is 4.68 Å². The Hall–Kier alpha value is -1.43. The van der Waals surface area contributed by atoms with Gasteiger partial charge < -0.3 is 10.6 Å². The number of aromatic nitrogens is 3. The summed E-state index contributed by atoms with van der Waals surface area (Å²) in [4.78, 5) is 11.9. The second-order valence-electron chi connectivity index (χ2n) is 5.19. The number of amides is 1. The first kappa shape index (κ1) is 14.0. The van der Waals surface area contributed by atoms with Crippen LogP contribution < -0.4 is 10.6 Å². The standard InChI is InChI=1S/C13H23N5O/c1-14-8-12-9-18(17-16-12)10-13(19)15-11-6-4-2-3-5-7-11/h9,11,14H,2-8,10H2,1H3,(H,15,19). The molecule has 1 aliphatic rings. The molecule has 6 heteroatoms. The number of carbonyl (C=O) groups is 1. The molecule has 19 heavy (non-hydrogen) atoms. The van der Waals surface area contributed by atoms with Crippen LogP contribution in [0.2, 0.25) is 0 Å². The van der Waals surface area contributed by atoms with Crippen LogP contribution in [0.25, 0.3) is 0 Å².